The zero-order chi connectivity index (χ0) is 19.2. The number of hydrogen-bond acceptors (Lipinski definition) is 6. The number of methoxy groups -OCH3 is 1. The van der Waals surface area contributed by atoms with Gasteiger partial charge in [-0.15, -0.1) is 0 Å². The van der Waals surface area contributed by atoms with Crippen molar-refractivity contribution in [3.05, 3.63) is 71.1 Å². The summed E-state index contributed by atoms with van der Waals surface area (Å²) in [7, 11) is 1.55. The van der Waals surface area contributed by atoms with Crippen LogP contribution in [0.5, 0.6) is 5.75 Å². The number of carbonyl (C=O) groups excluding carboxylic acids is 1. The maximum Gasteiger partial charge on any atom is 0.275 e. The van der Waals surface area contributed by atoms with Crippen molar-refractivity contribution < 1.29 is 9.53 Å². The Bertz CT molecular complexity index is 998. The summed E-state index contributed by atoms with van der Waals surface area (Å²) < 4.78 is 5.26. The highest BCUT2D eigenvalue weighted by atomic mass is 35.5. The summed E-state index contributed by atoms with van der Waals surface area (Å²) in [5.41, 5.74) is 1.86. The third-order valence-electron chi connectivity index (χ3n) is 3.58. The van der Waals surface area contributed by atoms with Gasteiger partial charge in [0, 0.05) is 10.7 Å². The van der Waals surface area contributed by atoms with E-state index in [0.717, 1.165) is 0 Å². The molecular weight excluding hydrogens is 366 g/mol. The molecule has 0 aliphatic carbocycles. The predicted molar refractivity (Wildman–Crippen MR) is 102 cm³/mol. The maximum absolute atomic E-state index is 12.2. The van der Waals surface area contributed by atoms with Crippen LogP contribution >= 0.6 is 11.6 Å². The fourth-order valence-corrected chi connectivity index (χ4v) is 2.42. The third kappa shape index (κ3) is 4.51. The molecule has 0 bridgehead atoms. The van der Waals surface area contributed by atoms with E-state index < -0.39 is 5.91 Å². The highest BCUT2D eigenvalue weighted by molar-refractivity contribution is 6.31. The molecule has 0 spiro atoms. The molecule has 7 nitrogen and oxygen atoms in total. The van der Waals surface area contributed by atoms with Gasteiger partial charge < -0.3 is 15.4 Å². The van der Waals surface area contributed by atoms with Gasteiger partial charge in [0.15, 0.2) is 0 Å². The second-order valence-electron chi connectivity index (χ2n) is 5.40. The SMILES string of the molecule is COc1ccc(Cl)cc1Nc1cnc(C(=O)Nc2ccc(C#N)cc2)cn1. The third-order valence-corrected chi connectivity index (χ3v) is 3.82. The molecule has 1 amide bonds. The largest absolute Gasteiger partial charge is 0.495 e. The number of aromatic nitrogens is 2. The Kier molecular flexibility index (Phi) is 5.50. The van der Waals surface area contributed by atoms with Crippen LogP contribution in [0.1, 0.15) is 16.1 Å². The standard InChI is InChI=1S/C19H14ClN5O2/c1-27-17-7-4-13(20)8-15(17)25-18-11-22-16(10-23-18)19(26)24-14-5-2-12(9-21)3-6-14/h2-8,10-11H,1H3,(H,23,25)(H,24,26). The van der Waals surface area contributed by atoms with Crippen molar-refractivity contribution in [2.24, 2.45) is 0 Å². The lowest BCUT2D eigenvalue weighted by atomic mass is 10.2. The molecule has 3 rings (SSSR count). The Morgan fingerprint density at radius 3 is 2.56 bits per heavy atom. The van der Waals surface area contributed by atoms with E-state index in [1.807, 2.05) is 6.07 Å². The van der Waals surface area contributed by atoms with Crippen molar-refractivity contribution in [1.82, 2.24) is 9.97 Å². The van der Waals surface area contributed by atoms with Crippen molar-refractivity contribution in [3.8, 4) is 11.8 Å². The zero-order valence-corrected chi connectivity index (χ0v) is 15.0. The number of hydrogen-bond donors (Lipinski definition) is 2. The molecule has 0 radical (unpaired) electrons. The number of benzene rings is 2. The summed E-state index contributed by atoms with van der Waals surface area (Å²) in [5.74, 6) is 0.633. The first-order valence-electron chi connectivity index (χ1n) is 7.83. The first-order chi connectivity index (χ1) is 13.1. The minimum absolute atomic E-state index is 0.156. The van der Waals surface area contributed by atoms with E-state index >= 15 is 0 Å². The molecule has 1 heterocycles. The van der Waals surface area contributed by atoms with Crippen molar-refractivity contribution >= 4 is 34.7 Å². The number of nitrogens with one attached hydrogen (secondary N) is 2. The van der Waals surface area contributed by atoms with E-state index in [9.17, 15) is 4.79 Å². The lowest BCUT2D eigenvalue weighted by molar-refractivity contribution is 0.102. The first-order valence-corrected chi connectivity index (χ1v) is 8.21. The number of anilines is 3. The molecule has 0 saturated heterocycles. The van der Waals surface area contributed by atoms with Crippen LogP contribution in [-0.4, -0.2) is 23.0 Å². The molecule has 1 aromatic heterocycles. The number of halogens is 1. The summed E-state index contributed by atoms with van der Waals surface area (Å²) >= 11 is 6.00. The Morgan fingerprint density at radius 2 is 1.93 bits per heavy atom. The maximum atomic E-state index is 12.2. The molecule has 27 heavy (non-hydrogen) atoms. The van der Waals surface area contributed by atoms with E-state index in [0.29, 0.717) is 33.5 Å². The van der Waals surface area contributed by atoms with Crippen molar-refractivity contribution in [2.75, 3.05) is 17.7 Å². The summed E-state index contributed by atoms with van der Waals surface area (Å²) in [6.07, 6.45) is 2.80. The topological polar surface area (TPSA) is 99.9 Å². The molecule has 2 N–H and O–H groups in total. The average Bonchev–Trinajstić information content (AvgIpc) is 2.69. The van der Waals surface area contributed by atoms with Crippen LogP contribution in [0.2, 0.25) is 5.02 Å². The molecule has 0 saturated carbocycles. The van der Waals surface area contributed by atoms with E-state index in [4.69, 9.17) is 21.6 Å². The predicted octanol–water partition coefficient (Wildman–Crippen LogP) is 4.01. The molecule has 0 aliphatic rings. The highest BCUT2D eigenvalue weighted by Crippen LogP contribution is 2.29. The fourth-order valence-electron chi connectivity index (χ4n) is 2.25. The van der Waals surface area contributed by atoms with Gasteiger partial charge in [-0.3, -0.25) is 4.79 Å². The smallest absolute Gasteiger partial charge is 0.275 e. The van der Waals surface area contributed by atoms with Gasteiger partial charge in [0.2, 0.25) is 0 Å². The first kappa shape index (κ1) is 18.2. The van der Waals surface area contributed by atoms with Gasteiger partial charge in [-0.05, 0) is 42.5 Å². The molecule has 3 aromatic rings. The monoisotopic (exact) mass is 379 g/mol. The number of nitriles is 1. The van der Waals surface area contributed by atoms with Crippen LogP contribution in [-0.2, 0) is 0 Å². The molecule has 8 heteroatoms. The van der Waals surface area contributed by atoms with Crippen LogP contribution in [0.4, 0.5) is 17.2 Å². The number of carbonyl (C=O) groups is 1. The number of nitrogens with zero attached hydrogens (tertiary/aromatic N) is 3. The van der Waals surface area contributed by atoms with E-state index in [1.165, 1.54) is 12.4 Å². The number of rotatable bonds is 5. The molecular formula is C19H14ClN5O2. The molecule has 134 valence electrons. The molecule has 0 aliphatic heterocycles. The summed E-state index contributed by atoms with van der Waals surface area (Å²) in [4.78, 5) is 20.6. The van der Waals surface area contributed by atoms with Crippen LogP contribution in [0.3, 0.4) is 0 Å². The second kappa shape index (κ2) is 8.17. The normalized spacial score (nSPS) is 9.96. The van der Waals surface area contributed by atoms with Gasteiger partial charge in [-0.25, -0.2) is 9.97 Å². The zero-order valence-electron chi connectivity index (χ0n) is 14.2. The minimum Gasteiger partial charge on any atom is -0.495 e. The van der Waals surface area contributed by atoms with Crippen LogP contribution < -0.4 is 15.4 Å². The summed E-state index contributed by atoms with van der Waals surface area (Å²) in [6.45, 7) is 0. The number of amides is 1. The van der Waals surface area contributed by atoms with E-state index in [2.05, 4.69) is 20.6 Å². The summed E-state index contributed by atoms with van der Waals surface area (Å²) in [6, 6.07) is 13.7. The van der Waals surface area contributed by atoms with Gasteiger partial charge in [-0.1, -0.05) is 11.6 Å². The fraction of sp³-hybridized carbons (Fsp3) is 0.0526. The van der Waals surface area contributed by atoms with Crippen molar-refractivity contribution in [2.45, 2.75) is 0 Å². The lowest BCUT2D eigenvalue weighted by Crippen LogP contribution is -2.14. The van der Waals surface area contributed by atoms with E-state index in [-0.39, 0.29) is 5.69 Å². The van der Waals surface area contributed by atoms with Crippen molar-refractivity contribution in [3.63, 3.8) is 0 Å². The highest BCUT2D eigenvalue weighted by Gasteiger charge is 2.10. The van der Waals surface area contributed by atoms with Gasteiger partial charge in [0.25, 0.3) is 5.91 Å². The van der Waals surface area contributed by atoms with Gasteiger partial charge >= 0.3 is 0 Å². The molecule has 2 aromatic carbocycles. The van der Waals surface area contributed by atoms with Gasteiger partial charge in [0.1, 0.15) is 17.3 Å². The minimum atomic E-state index is -0.404. The van der Waals surface area contributed by atoms with E-state index in [1.54, 1.807) is 49.6 Å². The Labute approximate surface area is 160 Å². The average molecular weight is 380 g/mol. The second-order valence-corrected chi connectivity index (χ2v) is 5.84. The lowest BCUT2D eigenvalue weighted by Gasteiger charge is -2.11. The van der Waals surface area contributed by atoms with Gasteiger partial charge in [0.05, 0.1) is 36.8 Å². The van der Waals surface area contributed by atoms with Crippen LogP contribution in [0.15, 0.2) is 54.9 Å². The van der Waals surface area contributed by atoms with Crippen LogP contribution in [0, 0.1) is 11.3 Å². The van der Waals surface area contributed by atoms with Gasteiger partial charge in [-0.2, -0.15) is 5.26 Å². The Morgan fingerprint density at radius 1 is 1.15 bits per heavy atom. The Balaban J connectivity index is 1.70. The van der Waals surface area contributed by atoms with Crippen molar-refractivity contribution in [1.29, 1.82) is 5.26 Å². The Hall–Kier alpha value is -3.63. The molecule has 0 atom stereocenters. The quantitative estimate of drug-likeness (QED) is 0.694. The molecule has 0 fully saturated rings. The number of ether oxygens (including phenoxy) is 1. The molecule has 0 unspecified atom stereocenters. The summed E-state index contributed by atoms with van der Waals surface area (Å²) in [5, 5.41) is 15.1. The van der Waals surface area contributed by atoms with Crippen LogP contribution in [0.25, 0.3) is 0 Å².